The maximum Gasteiger partial charge on any atom is 0.408 e. The molecule has 0 spiro atoms. The predicted molar refractivity (Wildman–Crippen MR) is 158 cm³/mol. The molecule has 0 aliphatic heterocycles. The highest BCUT2D eigenvalue weighted by atomic mass is 19.2. The summed E-state index contributed by atoms with van der Waals surface area (Å²) in [6, 6.07) is 5.49. The molecule has 0 radical (unpaired) electrons. The Hall–Kier alpha value is -4.69. The molecule has 15 heteroatoms. The van der Waals surface area contributed by atoms with Crippen LogP contribution < -0.4 is 15.4 Å². The number of carbonyl (C=O) groups excluding carboxylic acids is 5. The lowest BCUT2D eigenvalue weighted by Gasteiger charge is -2.26. The van der Waals surface area contributed by atoms with Gasteiger partial charge in [-0.2, -0.15) is 8.78 Å². The van der Waals surface area contributed by atoms with Crippen molar-refractivity contribution in [3.05, 3.63) is 65.2 Å². The van der Waals surface area contributed by atoms with Crippen LogP contribution in [-0.2, 0) is 40.0 Å². The van der Waals surface area contributed by atoms with Crippen molar-refractivity contribution >= 4 is 29.9 Å². The second kappa shape index (κ2) is 16.7. The number of hydrogen-bond donors (Lipinski definition) is 2. The minimum Gasteiger partial charge on any atom is -0.460 e. The molecular formula is C32H38F4N2O9. The Kier molecular flexibility index (Phi) is 13.7. The second-order valence-corrected chi connectivity index (χ2v) is 12.3. The largest absolute Gasteiger partial charge is 0.460 e. The average molecular weight is 671 g/mol. The fraction of sp³-hybridized carbons (Fsp3) is 0.469. The normalized spacial score (nSPS) is 12.7. The van der Waals surface area contributed by atoms with Crippen LogP contribution in [0.2, 0.25) is 0 Å². The lowest BCUT2D eigenvalue weighted by Crippen LogP contribution is -2.53. The van der Waals surface area contributed by atoms with E-state index in [9.17, 15) is 41.5 Å². The van der Waals surface area contributed by atoms with E-state index in [1.54, 1.807) is 51.1 Å². The number of ether oxygens (including phenoxy) is 4. The van der Waals surface area contributed by atoms with E-state index in [4.69, 9.17) is 14.2 Å². The first kappa shape index (κ1) is 38.5. The van der Waals surface area contributed by atoms with Gasteiger partial charge in [0.05, 0.1) is 0 Å². The first-order valence-corrected chi connectivity index (χ1v) is 14.5. The number of esters is 3. The SMILES string of the molecule is CC(C)(C)OC(=O)CC[C@H](NC(=O)OCc1ccccc1)C(=O)N[C@@H](CCC(=O)Oc1c(F)c(F)cc(F)c1F)C(=O)OC(C)(C)C. The lowest BCUT2D eigenvalue weighted by molar-refractivity contribution is -0.159. The third-order valence-electron chi connectivity index (χ3n) is 5.81. The van der Waals surface area contributed by atoms with Crippen molar-refractivity contribution in [2.24, 2.45) is 0 Å². The van der Waals surface area contributed by atoms with Gasteiger partial charge in [0.25, 0.3) is 0 Å². The number of benzene rings is 2. The Labute approximate surface area is 269 Å². The van der Waals surface area contributed by atoms with Crippen LogP contribution in [0.3, 0.4) is 0 Å². The minimum atomic E-state index is -1.95. The van der Waals surface area contributed by atoms with E-state index < -0.39 is 95.1 Å². The topological polar surface area (TPSA) is 146 Å². The van der Waals surface area contributed by atoms with Gasteiger partial charge in [0.15, 0.2) is 11.6 Å². The molecule has 0 saturated heterocycles. The number of carbonyl (C=O) groups is 5. The second-order valence-electron chi connectivity index (χ2n) is 12.3. The van der Waals surface area contributed by atoms with Crippen molar-refractivity contribution in [3.63, 3.8) is 0 Å². The first-order chi connectivity index (χ1) is 21.8. The van der Waals surface area contributed by atoms with Gasteiger partial charge in [-0.25, -0.2) is 18.4 Å². The van der Waals surface area contributed by atoms with Gasteiger partial charge < -0.3 is 29.6 Å². The monoisotopic (exact) mass is 670 g/mol. The number of rotatable bonds is 13. The standard InChI is InChI=1S/C32H38F4N2O9/c1-31(2,3)46-24(40)15-12-21(38-30(43)44-17-18-10-8-7-9-11-18)28(41)37-22(29(42)47-32(4,5)6)13-14-23(39)45-27-25(35)19(33)16-20(34)26(27)36/h7-11,16,21-22H,12-15,17H2,1-6H3,(H,37,41)(H,38,43)/t21-,22-/m0/s1. The smallest absolute Gasteiger partial charge is 0.408 e. The summed E-state index contributed by atoms with van der Waals surface area (Å²) in [4.78, 5) is 63.8. The molecule has 0 fully saturated rings. The van der Waals surface area contributed by atoms with Crippen molar-refractivity contribution < 1.29 is 60.5 Å². The lowest BCUT2D eigenvalue weighted by atomic mass is 10.1. The minimum absolute atomic E-state index is 0.0687. The van der Waals surface area contributed by atoms with Crippen molar-refractivity contribution in [2.45, 2.75) is 97.1 Å². The maximum absolute atomic E-state index is 14.0. The molecule has 2 aromatic rings. The molecule has 258 valence electrons. The van der Waals surface area contributed by atoms with Crippen LogP contribution in [-0.4, -0.2) is 53.2 Å². The Bertz CT molecular complexity index is 1410. The van der Waals surface area contributed by atoms with Gasteiger partial charge in [-0.1, -0.05) is 30.3 Å². The molecule has 2 rings (SSSR count). The van der Waals surface area contributed by atoms with Crippen LogP contribution in [0.1, 0.15) is 72.8 Å². The van der Waals surface area contributed by atoms with Gasteiger partial charge in [0, 0.05) is 18.9 Å². The highest BCUT2D eigenvalue weighted by Crippen LogP contribution is 2.27. The molecule has 2 atom stereocenters. The molecule has 0 aromatic heterocycles. The number of hydrogen-bond acceptors (Lipinski definition) is 9. The summed E-state index contributed by atoms with van der Waals surface area (Å²) in [5.41, 5.74) is -1.26. The summed E-state index contributed by atoms with van der Waals surface area (Å²) in [5.74, 6) is -13.3. The number of alkyl carbamates (subject to hydrolysis) is 1. The van der Waals surface area contributed by atoms with Crippen LogP contribution in [0.25, 0.3) is 0 Å². The molecular weight excluding hydrogens is 632 g/mol. The molecule has 47 heavy (non-hydrogen) atoms. The molecule has 0 aliphatic rings. The van der Waals surface area contributed by atoms with Crippen molar-refractivity contribution in [3.8, 4) is 5.75 Å². The third kappa shape index (κ3) is 13.7. The van der Waals surface area contributed by atoms with Crippen LogP contribution in [0.4, 0.5) is 22.4 Å². The number of halogens is 4. The Morgan fingerprint density at radius 1 is 0.723 bits per heavy atom. The fourth-order valence-corrected chi connectivity index (χ4v) is 3.79. The van der Waals surface area contributed by atoms with Crippen LogP contribution in [0.15, 0.2) is 36.4 Å². The molecule has 0 saturated carbocycles. The van der Waals surface area contributed by atoms with Crippen molar-refractivity contribution in [1.29, 1.82) is 0 Å². The number of nitrogens with one attached hydrogen (secondary N) is 2. The van der Waals surface area contributed by atoms with Crippen molar-refractivity contribution in [2.75, 3.05) is 0 Å². The highest BCUT2D eigenvalue weighted by Gasteiger charge is 2.32. The Morgan fingerprint density at radius 3 is 1.81 bits per heavy atom. The summed E-state index contributed by atoms with van der Waals surface area (Å²) < 4.78 is 75.3. The van der Waals surface area contributed by atoms with E-state index in [2.05, 4.69) is 15.4 Å². The fourth-order valence-electron chi connectivity index (χ4n) is 3.79. The number of amides is 2. The van der Waals surface area contributed by atoms with Gasteiger partial charge in [0.2, 0.25) is 23.3 Å². The van der Waals surface area contributed by atoms with E-state index in [1.807, 2.05) is 0 Å². The Balaban J connectivity index is 2.22. The van der Waals surface area contributed by atoms with Gasteiger partial charge in [0.1, 0.15) is 29.9 Å². The van der Waals surface area contributed by atoms with E-state index in [1.165, 1.54) is 20.8 Å². The summed E-state index contributed by atoms with van der Waals surface area (Å²) in [7, 11) is 0. The van der Waals surface area contributed by atoms with Gasteiger partial charge in [-0.15, -0.1) is 0 Å². The predicted octanol–water partition coefficient (Wildman–Crippen LogP) is 5.17. The summed E-state index contributed by atoms with van der Waals surface area (Å²) in [5, 5.41) is 4.68. The van der Waals surface area contributed by atoms with Gasteiger partial charge in [-0.3, -0.25) is 14.4 Å². The zero-order chi connectivity index (χ0) is 35.5. The van der Waals surface area contributed by atoms with E-state index in [-0.39, 0.29) is 25.5 Å². The molecule has 0 aliphatic carbocycles. The summed E-state index contributed by atoms with van der Waals surface area (Å²) in [6.45, 7) is 9.34. The Morgan fingerprint density at radius 2 is 1.26 bits per heavy atom. The molecule has 2 aromatic carbocycles. The van der Waals surface area contributed by atoms with E-state index in [0.717, 1.165) is 0 Å². The van der Waals surface area contributed by atoms with Crippen molar-refractivity contribution in [1.82, 2.24) is 10.6 Å². The van der Waals surface area contributed by atoms with Gasteiger partial charge in [-0.05, 0) is 59.9 Å². The van der Waals surface area contributed by atoms with Crippen LogP contribution in [0.5, 0.6) is 5.75 Å². The molecule has 2 N–H and O–H groups in total. The van der Waals surface area contributed by atoms with E-state index >= 15 is 0 Å². The molecule has 0 bridgehead atoms. The summed E-state index contributed by atoms with van der Waals surface area (Å²) in [6.07, 6.45) is -3.02. The highest BCUT2D eigenvalue weighted by molar-refractivity contribution is 5.90. The maximum atomic E-state index is 14.0. The van der Waals surface area contributed by atoms with E-state index in [0.29, 0.717) is 5.56 Å². The van der Waals surface area contributed by atoms with Gasteiger partial charge >= 0.3 is 24.0 Å². The van der Waals surface area contributed by atoms with Crippen LogP contribution >= 0.6 is 0 Å². The van der Waals surface area contributed by atoms with Crippen LogP contribution in [0, 0.1) is 23.3 Å². The molecule has 0 unspecified atom stereocenters. The molecule has 11 nitrogen and oxygen atoms in total. The quantitative estimate of drug-likeness (QED) is 0.0969. The average Bonchev–Trinajstić information content (AvgIpc) is 2.96. The zero-order valence-electron chi connectivity index (χ0n) is 26.8. The zero-order valence-corrected chi connectivity index (χ0v) is 26.8. The summed E-state index contributed by atoms with van der Waals surface area (Å²) >= 11 is 0. The molecule has 2 amide bonds. The molecule has 0 heterocycles. The third-order valence-corrected chi connectivity index (χ3v) is 5.81. The first-order valence-electron chi connectivity index (χ1n) is 14.5.